The summed E-state index contributed by atoms with van der Waals surface area (Å²) in [7, 11) is 1.71. The molecule has 0 unspecified atom stereocenters. The molecule has 2 aromatic rings. The van der Waals surface area contributed by atoms with Gasteiger partial charge in [-0.25, -0.2) is 0 Å². The summed E-state index contributed by atoms with van der Waals surface area (Å²) in [6.45, 7) is 5.37. The first-order valence-electron chi connectivity index (χ1n) is 8.82. The van der Waals surface area contributed by atoms with Crippen LogP contribution in [0.5, 0.6) is 5.75 Å². The molecular formula is C20H24BrN3O2. The van der Waals surface area contributed by atoms with Crippen LogP contribution in [0.3, 0.4) is 0 Å². The van der Waals surface area contributed by atoms with Crippen LogP contribution >= 0.6 is 15.9 Å². The Morgan fingerprint density at radius 3 is 2.50 bits per heavy atom. The number of methoxy groups -OCH3 is 1. The van der Waals surface area contributed by atoms with Crippen molar-refractivity contribution in [3.8, 4) is 5.75 Å². The number of rotatable bonds is 6. The number of carbonyl (C=O) groups excluding carboxylic acids is 1. The van der Waals surface area contributed by atoms with Gasteiger partial charge in [0.25, 0.3) is 5.91 Å². The van der Waals surface area contributed by atoms with Crippen LogP contribution in [0.2, 0.25) is 0 Å². The fourth-order valence-electron chi connectivity index (χ4n) is 3.17. The van der Waals surface area contributed by atoms with E-state index < -0.39 is 0 Å². The maximum absolute atomic E-state index is 12.2. The average molecular weight is 418 g/mol. The van der Waals surface area contributed by atoms with E-state index in [9.17, 15) is 4.79 Å². The molecule has 3 rings (SSSR count). The van der Waals surface area contributed by atoms with E-state index in [0.717, 1.165) is 48.6 Å². The number of anilines is 1. The molecule has 5 nitrogen and oxygen atoms in total. The molecule has 0 aromatic heterocycles. The third kappa shape index (κ3) is 4.56. The number of carbonyl (C=O) groups is 1. The van der Waals surface area contributed by atoms with Crippen LogP contribution in [0.1, 0.15) is 10.4 Å². The minimum atomic E-state index is -0.0369. The van der Waals surface area contributed by atoms with E-state index in [4.69, 9.17) is 4.74 Å². The van der Waals surface area contributed by atoms with Crippen molar-refractivity contribution in [1.29, 1.82) is 0 Å². The van der Waals surface area contributed by atoms with Crippen LogP contribution in [0.25, 0.3) is 0 Å². The first kappa shape index (κ1) is 18.7. The van der Waals surface area contributed by atoms with Gasteiger partial charge >= 0.3 is 0 Å². The molecule has 0 bridgehead atoms. The number of hydrogen-bond acceptors (Lipinski definition) is 4. The largest absolute Gasteiger partial charge is 0.495 e. The van der Waals surface area contributed by atoms with E-state index in [-0.39, 0.29) is 5.91 Å². The summed E-state index contributed by atoms with van der Waals surface area (Å²) in [5.74, 6) is 0.881. The summed E-state index contributed by atoms with van der Waals surface area (Å²) in [4.78, 5) is 17.0. The monoisotopic (exact) mass is 417 g/mol. The highest BCUT2D eigenvalue weighted by atomic mass is 79.9. The molecule has 0 radical (unpaired) electrons. The van der Waals surface area contributed by atoms with Crippen molar-refractivity contribution < 1.29 is 9.53 Å². The summed E-state index contributed by atoms with van der Waals surface area (Å²) in [6, 6.07) is 15.6. The molecule has 0 spiro atoms. The maximum atomic E-state index is 12.2. The molecule has 0 atom stereocenters. The van der Waals surface area contributed by atoms with Crippen LogP contribution < -0.4 is 15.0 Å². The molecule has 0 aliphatic carbocycles. The molecular weight excluding hydrogens is 394 g/mol. The van der Waals surface area contributed by atoms with Crippen molar-refractivity contribution in [2.75, 3.05) is 51.3 Å². The quantitative estimate of drug-likeness (QED) is 0.784. The average Bonchev–Trinajstić information content (AvgIpc) is 2.69. The third-order valence-electron chi connectivity index (χ3n) is 4.63. The molecule has 2 aromatic carbocycles. The maximum Gasteiger partial charge on any atom is 0.252 e. The molecule has 0 saturated carbocycles. The van der Waals surface area contributed by atoms with E-state index in [2.05, 4.69) is 37.1 Å². The molecule has 138 valence electrons. The Morgan fingerprint density at radius 1 is 1.08 bits per heavy atom. The molecule has 1 heterocycles. The lowest BCUT2D eigenvalue weighted by molar-refractivity contribution is 0.0947. The Morgan fingerprint density at radius 2 is 1.77 bits per heavy atom. The van der Waals surface area contributed by atoms with Gasteiger partial charge in [-0.3, -0.25) is 9.69 Å². The molecule has 6 heteroatoms. The van der Waals surface area contributed by atoms with Gasteiger partial charge in [0.1, 0.15) is 5.75 Å². The number of amides is 1. The van der Waals surface area contributed by atoms with Gasteiger partial charge in [0, 0.05) is 43.7 Å². The lowest BCUT2D eigenvalue weighted by Crippen LogP contribution is -2.48. The summed E-state index contributed by atoms with van der Waals surface area (Å²) in [6.07, 6.45) is 0. The predicted molar refractivity (Wildman–Crippen MR) is 108 cm³/mol. The second-order valence-corrected chi connectivity index (χ2v) is 7.09. The highest BCUT2D eigenvalue weighted by Gasteiger charge is 2.19. The van der Waals surface area contributed by atoms with Crippen molar-refractivity contribution in [2.24, 2.45) is 0 Å². The van der Waals surface area contributed by atoms with Crippen LogP contribution in [0.15, 0.2) is 53.0 Å². The highest BCUT2D eigenvalue weighted by molar-refractivity contribution is 9.10. The fourth-order valence-corrected chi connectivity index (χ4v) is 3.64. The van der Waals surface area contributed by atoms with Crippen LogP contribution in [0, 0.1) is 0 Å². The van der Waals surface area contributed by atoms with E-state index >= 15 is 0 Å². The molecule has 1 amide bonds. The normalized spacial score (nSPS) is 14.9. The fraction of sp³-hybridized carbons (Fsp3) is 0.350. The van der Waals surface area contributed by atoms with E-state index in [1.807, 2.05) is 42.5 Å². The number of hydrogen-bond donors (Lipinski definition) is 1. The number of nitrogens with one attached hydrogen (secondary N) is 1. The Kier molecular flexibility index (Phi) is 6.52. The first-order chi connectivity index (χ1) is 12.7. The van der Waals surface area contributed by atoms with Gasteiger partial charge in [-0.15, -0.1) is 0 Å². The molecule has 26 heavy (non-hydrogen) atoms. The standard InChI is InChI=1S/C20H24BrN3O2/c1-26-19-9-5-4-8-18(19)24-14-12-23(13-15-24)11-10-22-20(25)16-6-2-3-7-17(16)21/h2-9H,10-15H2,1H3,(H,22,25). The van der Waals surface area contributed by atoms with E-state index in [1.165, 1.54) is 0 Å². The van der Waals surface area contributed by atoms with Gasteiger partial charge in [0.15, 0.2) is 0 Å². The molecule has 1 aliphatic rings. The number of ether oxygens (including phenoxy) is 1. The van der Waals surface area contributed by atoms with Crippen molar-refractivity contribution in [2.45, 2.75) is 0 Å². The van der Waals surface area contributed by atoms with Crippen molar-refractivity contribution >= 4 is 27.5 Å². The minimum Gasteiger partial charge on any atom is -0.495 e. The molecule has 1 saturated heterocycles. The summed E-state index contributed by atoms with van der Waals surface area (Å²) < 4.78 is 6.28. The molecule has 1 fully saturated rings. The van der Waals surface area contributed by atoms with Gasteiger partial charge in [-0.2, -0.15) is 0 Å². The van der Waals surface area contributed by atoms with Crippen molar-refractivity contribution in [3.05, 3.63) is 58.6 Å². The topological polar surface area (TPSA) is 44.8 Å². The summed E-state index contributed by atoms with van der Waals surface area (Å²) >= 11 is 3.42. The highest BCUT2D eigenvalue weighted by Crippen LogP contribution is 2.28. The number of para-hydroxylation sites is 2. The van der Waals surface area contributed by atoms with Gasteiger partial charge in [0.2, 0.25) is 0 Å². The van der Waals surface area contributed by atoms with Gasteiger partial charge in [0.05, 0.1) is 18.4 Å². The zero-order chi connectivity index (χ0) is 18.4. The number of nitrogens with zero attached hydrogens (tertiary/aromatic N) is 2. The second-order valence-electron chi connectivity index (χ2n) is 6.24. The second kappa shape index (κ2) is 9.05. The Hall–Kier alpha value is -2.05. The SMILES string of the molecule is COc1ccccc1N1CCN(CCNC(=O)c2ccccc2Br)CC1. The lowest BCUT2D eigenvalue weighted by Gasteiger charge is -2.36. The molecule has 1 aliphatic heterocycles. The summed E-state index contributed by atoms with van der Waals surface area (Å²) in [5.41, 5.74) is 1.82. The van der Waals surface area contributed by atoms with E-state index in [0.29, 0.717) is 12.1 Å². The van der Waals surface area contributed by atoms with E-state index in [1.54, 1.807) is 7.11 Å². The zero-order valence-electron chi connectivity index (χ0n) is 15.0. The predicted octanol–water partition coefficient (Wildman–Crippen LogP) is 3.01. The number of benzene rings is 2. The van der Waals surface area contributed by atoms with Crippen LogP contribution in [-0.2, 0) is 0 Å². The van der Waals surface area contributed by atoms with Gasteiger partial charge < -0.3 is 15.0 Å². The number of halogens is 1. The molecule has 1 N–H and O–H groups in total. The summed E-state index contributed by atoms with van der Waals surface area (Å²) in [5, 5.41) is 3.00. The van der Waals surface area contributed by atoms with Crippen LogP contribution in [-0.4, -0.2) is 57.2 Å². The van der Waals surface area contributed by atoms with Gasteiger partial charge in [-0.05, 0) is 40.2 Å². The Balaban J connectivity index is 1.45. The minimum absolute atomic E-state index is 0.0369. The number of piperazine rings is 1. The first-order valence-corrected chi connectivity index (χ1v) is 9.61. The third-order valence-corrected chi connectivity index (χ3v) is 5.32. The lowest BCUT2D eigenvalue weighted by atomic mass is 10.2. The van der Waals surface area contributed by atoms with Crippen LogP contribution in [0.4, 0.5) is 5.69 Å². The zero-order valence-corrected chi connectivity index (χ0v) is 16.5. The Labute approximate surface area is 163 Å². The van der Waals surface area contributed by atoms with Gasteiger partial charge in [-0.1, -0.05) is 24.3 Å². The van der Waals surface area contributed by atoms with Crippen molar-refractivity contribution in [1.82, 2.24) is 10.2 Å². The van der Waals surface area contributed by atoms with Crippen molar-refractivity contribution in [3.63, 3.8) is 0 Å². The smallest absolute Gasteiger partial charge is 0.252 e. The Bertz CT molecular complexity index is 745.